The summed E-state index contributed by atoms with van der Waals surface area (Å²) in [5, 5.41) is 14.2. The topological polar surface area (TPSA) is 141 Å². The molecule has 46 heavy (non-hydrogen) atoms. The van der Waals surface area contributed by atoms with Crippen LogP contribution in [-0.2, 0) is 20.9 Å². The number of aliphatic hydroxyl groups is 1. The van der Waals surface area contributed by atoms with E-state index in [0.29, 0.717) is 12.6 Å². The summed E-state index contributed by atoms with van der Waals surface area (Å²) in [6.45, 7) is 28.1. The summed E-state index contributed by atoms with van der Waals surface area (Å²) in [4.78, 5) is 42.4. The number of carbonyl (C=O) groups is 2. The average molecular weight is 641 g/mol. The molecule has 2 atom stereocenters. The van der Waals surface area contributed by atoms with E-state index in [1.165, 1.54) is 11.3 Å². The molecule has 3 rings (SSSR count). The third-order valence-corrected chi connectivity index (χ3v) is 7.74. The normalized spacial score (nSPS) is 14.0. The van der Waals surface area contributed by atoms with Crippen molar-refractivity contribution < 1.29 is 57.2 Å². The van der Waals surface area contributed by atoms with Crippen LogP contribution < -0.4 is 54.1 Å². The monoisotopic (exact) mass is 640 g/mol. The molecule has 0 radical (unpaired) electrons. The summed E-state index contributed by atoms with van der Waals surface area (Å²) in [6.07, 6.45) is 2.68. The number of rotatable bonds is 13. The van der Waals surface area contributed by atoms with E-state index in [1.807, 2.05) is 57.5 Å². The van der Waals surface area contributed by atoms with Crippen molar-refractivity contribution in [1.82, 2.24) is 25.4 Å². The molecule has 1 aromatic carbocycles. The Kier molecular flexibility index (Phi) is 24.6. The van der Waals surface area contributed by atoms with Crippen molar-refractivity contribution in [3.8, 4) is 10.4 Å². The van der Waals surface area contributed by atoms with E-state index in [-0.39, 0.29) is 55.5 Å². The van der Waals surface area contributed by atoms with Crippen molar-refractivity contribution in [3.63, 3.8) is 0 Å². The van der Waals surface area contributed by atoms with Crippen LogP contribution in [0.25, 0.3) is 10.4 Å². The number of hydrogen-bond donors (Lipinski definition) is 4. The van der Waals surface area contributed by atoms with Crippen LogP contribution in [-0.4, -0.2) is 95.4 Å². The fraction of sp³-hybridized carbons (Fsp3) is 0.485. The fourth-order valence-corrected chi connectivity index (χ4v) is 4.87. The number of nitrogens with two attached hydrogens (primary N) is 1. The van der Waals surface area contributed by atoms with E-state index in [9.17, 15) is 14.4 Å². The quantitative estimate of drug-likeness (QED) is 0.131. The molecule has 248 valence electrons. The number of nitrogens with zero attached hydrogens (tertiary/aromatic N) is 3. The van der Waals surface area contributed by atoms with Gasteiger partial charge in [-0.05, 0) is 23.5 Å². The summed E-state index contributed by atoms with van der Waals surface area (Å²) in [5.41, 5.74) is 10.2. The fourth-order valence-electron chi connectivity index (χ4n) is 4.06. The summed E-state index contributed by atoms with van der Waals surface area (Å²) in [5.74, 6) is -0.645. The van der Waals surface area contributed by atoms with E-state index in [1.54, 1.807) is 17.6 Å². The predicted molar refractivity (Wildman–Crippen MR) is 178 cm³/mol. The SMILES string of the molecule is [CH2-]C(=O)N[C@H]([C-]=O)C(C)(C)C.[CH2-]CN(C[CH2-])C1CN(CCN)C1.[CH2-][C@H](O)C[CH-]C(=O)NCc1ccc(-c2scnc2C)cc1.[Li+].[Li+]. The minimum Gasteiger partial charge on any atom is -0.540 e. The zero-order chi connectivity index (χ0) is 33.3. The molecule has 1 aliphatic rings. The number of aliphatic hydroxyl groups excluding tert-OH is 1. The van der Waals surface area contributed by atoms with Crippen molar-refractivity contribution in [2.24, 2.45) is 11.1 Å². The number of thiazole rings is 1. The first-order valence-corrected chi connectivity index (χ1v) is 15.5. The van der Waals surface area contributed by atoms with Gasteiger partial charge in [-0.2, -0.15) is 6.42 Å². The van der Waals surface area contributed by atoms with Crippen molar-refractivity contribution in [2.75, 3.05) is 39.3 Å². The van der Waals surface area contributed by atoms with Crippen LogP contribution in [0.5, 0.6) is 0 Å². The molecule has 0 bridgehead atoms. The maximum absolute atomic E-state index is 11.5. The smallest absolute Gasteiger partial charge is 0.540 e. The Morgan fingerprint density at radius 1 is 1.22 bits per heavy atom. The molecule has 2 aromatic rings. The van der Waals surface area contributed by atoms with Crippen molar-refractivity contribution in [3.05, 3.63) is 75.1 Å². The van der Waals surface area contributed by atoms with Crippen LogP contribution in [0.3, 0.4) is 0 Å². The molecule has 0 unspecified atom stereocenters. The number of benzene rings is 1. The molecule has 0 spiro atoms. The minimum absolute atomic E-state index is 0. The Morgan fingerprint density at radius 2 is 1.80 bits per heavy atom. The van der Waals surface area contributed by atoms with Gasteiger partial charge in [0.25, 0.3) is 0 Å². The molecule has 1 fully saturated rings. The molecular weight excluding hydrogens is 590 g/mol. The molecule has 1 saturated heterocycles. The van der Waals surface area contributed by atoms with Crippen LogP contribution >= 0.6 is 11.3 Å². The maximum atomic E-state index is 11.5. The zero-order valence-electron chi connectivity index (χ0n) is 28.7. The van der Waals surface area contributed by atoms with Gasteiger partial charge < -0.3 is 74.9 Å². The van der Waals surface area contributed by atoms with Crippen molar-refractivity contribution >= 4 is 29.4 Å². The summed E-state index contributed by atoms with van der Waals surface area (Å²) < 4.78 is 0. The van der Waals surface area contributed by atoms with Gasteiger partial charge in [-0.25, -0.2) is 11.3 Å². The van der Waals surface area contributed by atoms with Crippen LogP contribution in [0.15, 0.2) is 29.8 Å². The molecular formula is C33H50Li2N6O4S-4. The molecule has 0 saturated carbocycles. The van der Waals surface area contributed by atoms with E-state index >= 15 is 0 Å². The van der Waals surface area contributed by atoms with E-state index in [4.69, 9.17) is 10.8 Å². The van der Waals surface area contributed by atoms with Gasteiger partial charge in [-0.3, -0.25) is 4.90 Å². The number of amides is 2. The first-order chi connectivity index (χ1) is 20.7. The summed E-state index contributed by atoms with van der Waals surface area (Å²) in [7, 11) is 0. The first kappa shape index (κ1) is 46.4. The van der Waals surface area contributed by atoms with Gasteiger partial charge in [-0.1, -0.05) is 57.2 Å². The number of aromatic nitrogens is 1. The van der Waals surface area contributed by atoms with E-state index in [2.05, 4.69) is 53.1 Å². The number of nitrogens with one attached hydrogen (secondary N) is 2. The van der Waals surface area contributed by atoms with Crippen molar-refractivity contribution in [2.45, 2.75) is 58.8 Å². The molecule has 2 heterocycles. The molecule has 5 N–H and O–H groups in total. The Balaban J connectivity index is 0. The third kappa shape index (κ3) is 18.0. The Hall–Kier alpha value is -1.77. The Labute approximate surface area is 305 Å². The molecule has 10 nitrogen and oxygen atoms in total. The molecule has 1 aliphatic heterocycles. The van der Waals surface area contributed by atoms with Gasteiger partial charge in [0.05, 0.1) is 27.9 Å². The Morgan fingerprint density at radius 3 is 2.20 bits per heavy atom. The first-order valence-electron chi connectivity index (χ1n) is 14.6. The molecule has 0 aliphatic carbocycles. The summed E-state index contributed by atoms with van der Waals surface area (Å²) >= 11 is 1.62. The largest absolute Gasteiger partial charge is 1.00 e. The number of hydrogen-bond acceptors (Lipinski definition) is 9. The molecule has 1 aromatic heterocycles. The predicted octanol–water partition coefficient (Wildman–Crippen LogP) is -3.41. The average Bonchev–Trinajstić information content (AvgIpc) is 3.38. The van der Waals surface area contributed by atoms with E-state index in [0.717, 1.165) is 56.1 Å². The van der Waals surface area contributed by atoms with Crippen LogP contribution in [0.4, 0.5) is 0 Å². The second-order valence-electron chi connectivity index (χ2n) is 11.5. The van der Waals surface area contributed by atoms with Gasteiger partial charge in [0.15, 0.2) is 0 Å². The summed E-state index contributed by atoms with van der Waals surface area (Å²) in [6, 6.07) is 8.14. The number of carbonyl (C=O) groups excluding carboxylic acids is 3. The molecule has 2 amide bonds. The maximum Gasteiger partial charge on any atom is 1.00 e. The Bertz CT molecular complexity index is 1120. The second-order valence-corrected chi connectivity index (χ2v) is 12.4. The van der Waals surface area contributed by atoms with Crippen LogP contribution in [0, 0.1) is 46.5 Å². The second kappa shape index (κ2) is 24.4. The standard InChI is InChI=1S/C16H18N2O2S.C9H19N3.C8H13NO2.2Li/c1-11(19)3-8-15(20)17-9-13-4-6-14(7-5-13)16-12(2)18-10-21-16;1-3-12(4-2)9-7-11(8-9)6-5-10;1-6(11)9-7(5-10)8(2,3)4;;/h4-8,10-11,19H,1,3,9H2,2H3,(H,17,20);9H,1-8,10H2;7H,1H2,2-4H3,(H,9,11);;/q3*-2;2*+1/t11-;;7-;;/m0.1../s1. The van der Waals surface area contributed by atoms with Crippen LogP contribution in [0.1, 0.15) is 38.4 Å². The van der Waals surface area contributed by atoms with Gasteiger partial charge in [-0.15, -0.1) is 24.4 Å². The minimum atomic E-state index is -0.738. The number of aryl methyl sites for hydroxylation is 1. The van der Waals surface area contributed by atoms with Gasteiger partial charge in [0.2, 0.25) is 0 Å². The number of likely N-dealkylation sites (tertiary alicyclic amines) is 1. The third-order valence-electron chi connectivity index (χ3n) is 6.77. The van der Waals surface area contributed by atoms with E-state index < -0.39 is 18.1 Å². The van der Waals surface area contributed by atoms with Gasteiger partial charge >= 0.3 is 37.7 Å². The van der Waals surface area contributed by atoms with Gasteiger partial charge in [0, 0.05) is 38.8 Å². The zero-order valence-corrected chi connectivity index (χ0v) is 29.5. The van der Waals surface area contributed by atoms with Crippen LogP contribution in [0.2, 0.25) is 0 Å². The molecule has 13 heteroatoms. The van der Waals surface area contributed by atoms with Gasteiger partial charge in [0.1, 0.15) is 0 Å². The van der Waals surface area contributed by atoms with Crippen molar-refractivity contribution in [1.29, 1.82) is 0 Å².